The molecule has 32 heavy (non-hydrogen) atoms. The van der Waals surface area contributed by atoms with Gasteiger partial charge in [0.2, 0.25) is 0 Å². The van der Waals surface area contributed by atoms with Crippen molar-refractivity contribution in [2.24, 2.45) is 0 Å². The number of nitrogen functional groups attached to an aromatic ring is 1. The number of aromatic nitrogens is 2. The number of rotatable bonds is 5. The maximum absolute atomic E-state index is 13.2. The van der Waals surface area contributed by atoms with E-state index in [1.165, 1.54) is 25.4 Å². The molecule has 2 amide bonds. The number of nitrogens with zero attached hydrogens (tertiary/aromatic N) is 2. The van der Waals surface area contributed by atoms with Crippen molar-refractivity contribution < 1.29 is 27.2 Å². The SMILES string of the molecule is CNC(=O)c1nc(-c2cccc(C(=O)NCc3ccc(F)cc3C(F)(F)F)c2)cnc1N. The first-order valence-corrected chi connectivity index (χ1v) is 9.19. The van der Waals surface area contributed by atoms with Crippen molar-refractivity contribution in [1.82, 2.24) is 20.6 Å². The van der Waals surface area contributed by atoms with Crippen molar-refractivity contribution in [3.8, 4) is 11.3 Å². The van der Waals surface area contributed by atoms with Crippen LogP contribution in [0.5, 0.6) is 0 Å². The van der Waals surface area contributed by atoms with Gasteiger partial charge in [-0.2, -0.15) is 13.2 Å². The van der Waals surface area contributed by atoms with Crippen LogP contribution in [0, 0.1) is 5.82 Å². The maximum atomic E-state index is 13.2. The molecule has 1 heterocycles. The van der Waals surface area contributed by atoms with Crippen molar-refractivity contribution in [3.63, 3.8) is 0 Å². The van der Waals surface area contributed by atoms with Crippen LogP contribution in [-0.2, 0) is 12.7 Å². The minimum absolute atomic E-state index is 0.0678. The fourth-order valence-electron chi connectivity index (χ4n) is 2.89. The van der Waals surface area contributed by atoms with E-state index in [0.29, 0.717) is 11.6 Å². The van der Waals surface area contributed by atoms with Crippen LogP contribution < -0.4 is 16.4 Å². The number of carbonyl (C=O) groups excluding carboxylic acids is 2. The molecular weight excluding hydrogens is 430 g/mol. The lowest BCUT2D eigenvalue weighted by atomic mass is 10.1. The van der Waals surface area contributed by atoms with Crippen molar-refractivity contribution >= 4 is 17.6 Å². The second-order valence-corrected chi connectivity index (χ2v) is 6.63. The van der Waals surface area contributed by atoms with E-state index in [1.807, 2.05) is 0 Å². The van der Waals surface area contributed by atoms with E-state index < -0.39 is 35.9 Å². The summed E-state index contributed by atoms with van der Waals surface area (Å²) in [5.41, 5.74) is 4.99. The third-order valence-electron chi connectivity index (χ3n) is 4.48. The normalized spacial score (nSPS) is 11.2. The minimum Gasteiger partial charge on any atom is -0.382 e. The van der Waals surface area contributed by atoms with Crippen LogP contribution in [0.15, 0.2) is 48.7 Å². The number of hydrogen-bond acceptors (Lipinski definition) is 5. The summed E-state index contributed by atoms with van der Waals surface area (Å²) in [6.45, 7) is -0.458. The van der Waals surface area contributed by atoms with Gasteiger partial charge in [-0.15, -0.1) is 0 Å². The summed E-state index contributed by atoms with van der Waals surface area (Å²) in [6.07, 6.45) is -3.44. The summed E-state index contributed by atoms with van der Waals surface area (Å²) in [7, 11) is 1.41. The molecule has 0 aliphatic rings. The van der Waals surface area contributed by atoms with Gasteiger partial charge in [-0.25, -0.2) is 14.4 Å². The topological polar surface area (TPSA) is 110 Å². The molecule has 0 saturated carbocycles. The fraction of sp³-hybridized carbons (Fsp3) is 0.143. The fourth-order valence-corrected chi connectivity index (χ4v) is 2.89. The monoisotopic (exact) mass is 447 g/mol. The Kier molecular flexibility index (Phi) is 6.37. The molecular formula is C21H17F4N5O2. The number of alkyl halides is 3. The van der Waals surface area contributed by atoms with Gasteiger partial charge >= 0.3 is 6.18 Å². The summed E-state index contributed by atoms with van der Waals surface area (Å²) in [5.74, 6) is -2.28. The zero-order valence-electron chi connectivity index (χ0n) is 16.6. The van der Waals surface area contributed by atoms with Gasteiger partial charge in [0.1, 0.15) is 5.82 Å². The Morgan fingerprint density at radius 2 is 1.84 bits per heavy atom. The van der Waals surface area contributed by atoms with Crippen LogP contribution in [-0.4, -0.2) is 28.8 Å². The molecule has 3 rings (SSSR count). The highest BCUT2D eigenvalue weighted by atomic mass is 19.4. The second-order valence-electron chi connectivity index (χ2n) is 6.63. The molecule has 0 aliphatic heterocycles. The van der Waals surface area contributed by atoms with Gasteiger partial charge < -0.3 is 16.4 Å². The Balaban J connectivity index is 1.83. The molecule has 0 unspecified atom stereocenters. The number of amides is 2. The van der Waals surface area contributed by atoms with E-state index in [2.05, 4.69) is 20.6 Å². The van der Waals surface area contributed by atoms with Crippen molar-refractivity contribution in [2.75, 3.05) is 12.8 Å². The molecule has 2 aromatic carbocycles. The highest BCUT2D eigenvalue weighted by molar-refractivity contribution is 5.97. The predicted octanol–water partition coefficient (Wildman–Crippen LogP) is 3.17. The molecule has 0 bridgehead atoms. The zero-order valence-corrected chi connectivity index (χ0v) is 16.6. The Bertz CT molecular complexity index is 1180. The van der Waals surface area contributed by atoms with Gasteiger partial charge in [-0.3, -0.25) is 9.59 Å². The average molecular weight is 447 g/mol. The van der Waals surface area contributed by atoms with E-state index in [9.17, 15) is 27.2 Å². The number of halogens is 4. The van der Waals surface area contributed by atoms with Crippen LogP contribution in [0.1, 0.15) is 32.0 Å². The van der Waals surface area contributed by atoms with Crippen molar-refractivity contribution in [2.45, 2.75) is 12.7 Å². The lowest BCUT2D eigenvalue weighted by Crippen LogP contribution is -2.24. The quantitative estimate of drug-likeness (QED) is 0.521. The van der Waals surface area contributed by atoms with Crippen LogP contribution in [0.25, 0.3) is 11.3 Å². The predicted molar refractivity (Wildman–Crippen MR) is 108 cm³/mol. The smallest absolute Gasteiger partial charge is 0.382 e. The second kappa shape index (κ2) is 9.00. The third kappa shape index (κ3) is 4.99. The number of anilines is 1. The van der Waals surface area contributed by atoms with Crippen molar-refractivity contribution in [1.29, 1.82) is 0 Å². The molecule has 0 aliphatic carbocycles. The third-order valence-corrected chi connectivity index (χ3v) is 4.48. The molecule has 0 atom stereocenters. The summed E-state index contributed by atoms with van der Waals surface area (Å²) in [4.78, 5) is 32.5. The maximum Gasteiger partial charge on any atom is 0.416 e. The standard InChI is InChI=1S/C21H17F4N5O2/c1-27-20(32)17-18(26)28-10-16(30-17)11-3-2-4-12(7-11)19(31)29-9-13-5-6-14(22)8-15(13)21(23,24)25/h2-8,10H,9H2,1H3,(H2,26,28)(H,27,32)(H,29,31). The molecule has 0 fully saturated rings. The summed E-state index contributed by atoms with van der Waals surface area (Å²) < 4.78 is 52.6. The lowest BCUT2D eigenvalue weighted by molar-refractivity contribution is -0.138. The number of hydrogen-bond donors (Lipinski definition) is 3. The van der Waals surface area contributed by atoms with E-state index in [0.717, 1.165) is 12.1 Å². The van der Waals surface area contributed by atoms with Gasteiger partial charge in [-0.05, 0) is 29.8 Å². The number of nitrogens with one attached hydrogen (secondary N) is 2. The van der Waals surface area contributed by atoms with Crippen LogP contribution in [0.4, 0.5) is 23.4 Å². The van der Waals surface area contributed by atoms with Crippen molar-refractivity contribution in [3.05, 3.63) is 76.9 Å². The first-order chi connectivity index (χ1) is 15.1. The van der Waals surface area contributed by atoms with E-state index in [4.69, 9.17) is 5.73 Å². The first kappa shape index (κ1) is 22.7. The Labute approximate surface area is 179 Å². The first-order valence-electron chi connectivity index (χ1n) is 9.19. The summed E-state index contributed by atoms with van der Waals surface area (Å²) in [5, 5.41) is 4.78. The highest BCUT2D eigenvalue weighted by Crippen LogP contribution is 2.32. The van der Waals surface area contributed by atoms with Crippen LogP contribution in [0.2, 0.25) is 0 Å². The molecule has 3 aromatic rings. The average Bonchev–Trinajstić information content (AvgIpc) is 2.77. The largest absolute Gasteiger partial charge is 0.416 e. The number of carbonyl (C=O) groups is 2. The Hall–Kier alpha value is -4.02. The molecule has 4 N–H and O–H groups in total. The molecule has 0 radical (unpaired) electrons. The number of benzene rings is 2. The van der Waals surface area contributed by atoms with Gasteiger partial charge in [0, 0.05) is 24.7 Å². The summed E-state index contributed by atoms with van der Waals surface area (Å²) >= 11 is 0. The summed E-state index contributed by atoms with van der Waals surface area (Å²) in [6, 6.07) is 8.30. The molecule has 0 spiro atoms. The minimum atomic E-state index is -4.77. The molecule has 0 saturated heterocycles. The molecule has 7 nitrogen and oxygen atoms in total. The van der Waals surface area contributed by atoms with Crippen LogP contribution >= 0.6 is 0 Å². The zero-order chi connectivity index (χ0) is 23.5. The lowest BCUT2D eigenvalue weighted by Gasteiger charge is -2.14. The van der Waals surface area contributed by atoms with Gasteiger partial charge in [0.15, 0.2) is 11.5 Å². The van der Waals surface area contributed by atoms with Gasteiger partial charge in [0.25, 0.3) is 11.8 Å². The molecule has 11 heteroatoms. The van der Waals surface area contributed by atoms with Gasteiger partial charge in [-0.1, -0.05) is 18.2 Å². The van der Waals surface area contributed by atoms with Crippen LogP contribution in [0.3, 0.4) is 0 Å². The molecule has 1 aromatic heterocycles. The molecule has 166 valence electrons. The van der Waals surface area contributed by atoms with E-state index in [1.54, 1.807) is 12.1 Å². The number of nitrogens with two attached hydrogens (primary N) is 1. The highest BCUT2D eigenvalue weighted by Gasteiger charge is 2.33. The van der Waals surface area contributed by atoms with E-state index >= 15 is 0 Å². The van der Waals surface area contributed by atoms with Gasteiger partial charge in [0.05, 0.1) is 17.5 Å². The Morgan fingerprint density at radius 1 is 1.09 bits per heavy atom. The Morgan fingerprint density at radius 3 is 2.53 bits per heavy atom. The van der Waals surface area contributed by atoms with E-state index in [-0.39, 0.29) is 28.3 Å².